The van der Waals surface area contributed by atoms with Crippen LogP contribution >= 0.6 is 0 Å². The standard InChI is InChI=1S/C18H21N5O2S/c1-14-20-8-9-23(14)13-16-5-3-4-15(10-16)11-21-18-7-6-17(12-22-18)26(24,25)19-2/h3-10,12,19H,11,13H2,1-2H3,(H,21,22). The lowest BCUT2D eigenvalue weighted by atomic mass is 10.1. The quantitative estimate of drug-likeness (QED) is 0.664. The summed E-state index contributed by atoms with van der Waals surface area (Å²) in [5.74, 6) is 1.60. The van der Waals surface area contributed by atoms with E-state index < -0.39 is 10.0 Å². The number of nitrogens with one attached hydrogen (secondary N) is 2. The summed E-state index contributed by atoms with van der Waals surface area (Å²) in [7, 11) is -2.09. The van der Waals surface area contributed by atoms with Crippen LogP contribution in [0.25, 0.3) is 0 Å². The highest BCUT2D eigenvalue weighted by molar-refractivity contribution is 7.89. The van der Waals surface area contributed by atoms with Crippen molar-refractivity contribution in [3.05, 3.63) is 71.9 Å². The van der Waals surface area contributed by atoms with E-state index in [0.29, 0.717) is 12.4 Å². The van der Waals surface area contributed by atoms with Crippen molar-refractivity contribution in [3.8, 4) is 0 Å². The molecule has 136 valence electrons. The second kappa shape index (κ2) is 7.67. The zero-order chi connectivity index (χ0) is 18.6. The first-order valence-electron chi connectivity index (χ1n) is 8.17. The van der Waals surface area contributed by atoms with E-state index in [1.54, 1.807) is 12.3 Å². The molecule has 8 heteroatoms. The van der Waals surface area contributed by atoms with Crippen molar-refractivity contribution in [2.24, 2.45) is 0 Å². The van der Waals surface area contributed by atoms with Crippen molar-refractivity contribution in [3.63, 3.8) is 0 Å². The Morgan fingerprint density at radius 3 is 2.58 bits per heavy atom. The molecular formula is C18H21N5O2S. The summed E-state index contributed by atoms with van der Waals surface area (Å²) in [6.45, 7) is 3.35. The zero-order valence-electron chi connectivity index (χ0n) is 14.7. The first-order chi connectivity index (χ1) is 12.5. The first-order valence-corrected chi connectivity index (χ1v) is 9.65. The molecule has 7 nitrogen and oxygen atoms in total. The topological polar surface area (TPSA) is 88.9 Å². The molecule has 3 aromatic rings. The number of nitrogens with zero attached hydrogens (tertiary/aromatic N) is 3. The van der Waals surface area contributed by atoms with Crippen LogP contribution in [0.4, 0.5) is 5.82 Å². The van der Waals surface area contributed by atoms with E-state index in [-0.39, 0.29) is 4.90 Å². The van der Waals surface area contributed by atoms with E-state index in [9.17, 15) is 8.42 Å². The Balaban J connectivity index is 1.65. The lowest BCUT2D eigenvalue weighted by Crippen LogP contribution is -2.18. The highest BCUT2D eigenvalue weighted by Crippen LogP contribution is 2.13. The van der Waals surface area contributed by atoms with Gasteiger partial charge in [0, 0.05) is 31.7 Å². The Labute approximate surface area is 153 Å². The van der Waals surface area contributed by atoms with Crippen LogP contribution in [-0.2, 0) is 23.1 Å². The Kier molecular flexibility index (Phi) is 5.34. The van der Waals surface area contributed by atoms with Gasteiger partial charge in [-0.2, -0.15) is 0 Å². The molecule has 0 saturated heterocycles. The summed E-state index contributed by atoms with van der Waals surface area (Å²) in [6, 6.07) is 11.5. The van der Waals surface area contributed by atoms with Crippen LogP contribution in [0.3, 0.4) is 0 Å². The third kappa shape index (κ3) is 4.27. The molecule has 0 unspecified atom stereocenters. The Bertz CT molecular complexity index is 981. The SMILES string of the molecule is CNS(=O)(=O)c1ccc(NCc2cccc(Cn3ccnc3C)c2)nc1. The second-order valence-corrected chi connectivity index (χ2v) is 7.75. The summed E-state index contributed by atoms with van der Waals surface area (Å²) < 4.78 is 27.8. The number of rotatable bonds is 7. The average Bonchev–Trinajstić information content (AvgIpc) is 3.05. The van der Waals surface area contributed by atoms with Crippen molar-refractivity contribution in [2.75, 3.05) is 12.4 Å². The number of hydrogen-bond donors (Lipinski definition) is 2. The maximum Gasteiger partial charge on any atom is 0.241 e. The summed E-state index contributed by atoms with van der Waals surface area (Å²) in [5.41, 5.74) is 2.31. The van der Waals surface area contributed by atoms with Crippen LogP contribution in [0.1, 0.15) is 17.0 Å². The van der Waals surface area contributed by atoms with E-state index in [4.69, 9.17) is 0 Å². The fraction of sp³-hybridized carbons (Fsp3) is 0.222. The van der Waals surface area contributed by atoms with E-state index in [1.165, 1.54) is 24.9 Å². The Morgan fingerprint density at radius 1 is 1.12 bits per heavy atom. The molecule has 1 aromatic carbocycles. The lowest BCUT2D eigenvalue weighted by Gasteiger charge is -2.10. The van der Waals surface area contributed by atoms with Gasteiger partial charge in [-0.1, -0.05) is 24.3 Å². The van der Waals surface area contributed by atoms with Crippen molar-refractivity contribution in [1.82, 2.24) is 19.3 Å². The molecule has 2 N–H and O–H groups in total. The molecule has 0 radical (unpaired) electrons. The molecule has 26 heavy (non-hydrogen) atoms. The zero-order valence-corrected chi connectivity index (χ0v) is 15.5. The van der Waals surface area contributed by atoms with Gasteiger partial charge in [0.15, 0.2) is 0 Å². The molecule has 3 rings (SSSR count). The van der Waals surface area contributed by atoms with Gasteiger partial charge in [-0.15, -0.1) is 0 Å². The molecule has 2 aromatic heterocycles. The number of hydrogen-bond acceptors (Lipinski definition) is 5. The minimum atomic E-state index is -3.46. The maximum atomic E-state index is 11.7. The van der Waals surface area contributed by atoms with Gasteiger partial charge in [-0.25, -0.2) is 23.1 Å². The van der Waals surface area contributed by atoms with Gasteiger partial charge < -0.3 is 9.88 Å². The lowest BCUT2D eigenvalue weighted by molar-refractivity contribution is 0.588. The maximum absolute atomic E-state index is 11.7. The number of sulfonamides is 1. The third-order valence-electron chi connectivity index (χ3n) is 4.06. The molecule has 0 aliphatic carbocycles. The van der Waals surface area contributed by atoms with Crippen LogP contribution in [-0.4, -0.2) is 30.0 Å². The molecule has 0 aliphatic rings. The average molecular weight is 371 g/mol. The molecule has 0 aliphatic heterocycles. The van der Waals surface area contributed by atoms with Crippen LogP contribution in [0.5, 0.6) is 0 Å². The minimum absolute atomic E-state index is 0.142. The first kappa shape index (κ1) is 18.1. The van der Waals surface area contributed by atoms with Crippen LogP contribution in [0.2, 0.25) is 0 Å². The van der Waals surface area contributed by atoms with Gasteiger partial charge in [0.25, 0.3) is 0 Å². The predicted molar refractivity (Wildman–Crippen MR) is 100 cm³/mol. The fourth-order valence-electron chi connectivity index (χ4n) is 2.56. The minimum Gasteiger partial charge on any atom is -0.366 e. The summed E-state index contributed by atoms with van der Waals surface area (Å²) in [4.78, 5) is 8.54. The molecule has 0 bridgehead atoms. The number of pyridine rings is 1. The predicted octanol–water partition coefficient (Wildman–Crippen LogP) is 2.16. The van der Waals surface area contributed by atoms with Gasteiger partial charge >= 0.3 is 0 Å². The number of benzene rings is 1. The fourth-order valence-corrected chi connectivity index (χ4v) is 3.23. The highest BCUT2D eigenvalue weighted by atomic mass is 32.2. The molecule has 0 saturated carbocycles. The molecule has 2 heterocycles. The van der Waals surface area contributed by atoms with Gasteiger partial charge in [0.2, 0.25) is 10.0 Å². The number of aromatic nitrogens is 3. The van der Waals surface area contributed by atoms with E-state index in [0.717, 1.165) is 17.9 Å². The van der Waals surface area contributed by atoms with E-state index in [1.807, 2.05) is 25.3 Å². The van der Waals surface area contributed by atoms with Crippen LogP contribution in [0, 0.1) is 6.92 Å². The Hall–Kier alpha value is -2.71. The smallest absolute Gasteiger partial charge is 0.241 e. The van der Waals surface area contributed by atoms with Gasteiger partial charge in [-0.3, -0.25) is 0 Å². The van der Waals surface area contributed by atoms with Gasteiger partial charge in [0.05, 0.1) is 0 Å². The summed E-state index contributed by atoms with van der Waals surface area (Å²) in [5, 5.41) is 3.21. The summed E-state index contributed by atoms with van der Waals surface area (Å²) >= 11 is 0. The van der Waals surface area contributed by atoms with Crippen molar-refractivity contribution >= 4 is 15.8 Å². The Morgan fingerprint density at radius 2 is 1.92 bits per heavy atom. The van der Waals surface area contributed by atoms with Crippen molar-refractivity contribution in [2.45, 2.75) is 24.9 Å². The molecule has 0 amide bonds. The van der Waals surface area contributed by atoms with Crippen molar-refractivity contribution in [1.29, 1.82) is 0 Å². The molecule has 0 spiro atoms. The van der Waals surface area contributed by atoms with Crippen LogP contribution < -0.4 is 10.0 Å². The third-order valence-corrected chi connectivity index (χ3v) is 5.46. The monoisotopic (exact) mass is 371 g/mol. The largest absolute Gasteiger partial charge is 0.366 e. The number of aryl methyl sites for hydroxylation is 1. The second-order valence-electron chi connectivity index (χ2n) is 5.86. The number of imidazole rings is 1. The normalized spacial score (nSPS) is 11.5. The summed E-state index contributed by atoms with van der Waals surface area (Å²) in [6.07, 6.45) is 5.10. The highest BCUT2D eigenvalue weighted by Gasteiger charge is 2.11. The molecular weight excluding hydrogens is 350 g/mol. The molecule has 0 atom stereocenters. The van der Waals surface area contributed by atoms with Gasteiger partial charge in [0.1, 0.15) is 16.5 Å². The number of anilines is 1. The molecule has 0 fully saturated rings. The van der Waals surface area contributed by atoms with Crippen LogP contribution in [0.15, 0.2) is 59.9 Å². The van der Waals surface area contributed by atoms with Gasteiger partial charge in [-0.05, 0) is 37.2 Å². The van der Waals surface area contributed by atoms with Crippen molar-refractivity contribution < 1.29 is 8.42 Å². The van der Waals surface area contributed by atoms with E-state index >= 15 is 0 Å². The van der Waals surface area contributed by atoms with E-state index in [2.05, 4.69) is 36.7 Å².